The molecule has 20 heavy (non-hydrogen) atoms. The lowest BCUT2D eigenvalue weighted by atomic mass is 9.82. The van der Waals surface area contributed by atoms with Crippen LogP contribution in [-0.4, -0.2) is 19.6 Å². The summed E-state index contributed by atoms with van der Waals surface area (Å²) in [5.74, 6) is 0. The predicted molar refractivity (Wildman–Crippen MR) is 91.4 cm³/mol. The Morgan fingerprint density at radius 2 is 2.00 bits per heavy atom. The second-order valence-corrected chi connectivity index (χ2v) is 6.79. The van der Waals surface area contributed by atoms with Crippen molar-refractivity contribution >= 4 is 21.6 Å². The van der Waals surface area contributed by atoms with Crippen LogP contribution in [-0.2, 0) is 6.54 Å². The molecule has 0 atom stereocenters. The second kappa shape index (κ2) is 6.95. The summed E-state index contributed by atoms with van der Waals surface area (Å²) in [7, 11) is 0. The molecule has 0 bridgehead atoms. The molecule has 3 heteroatoms. The molecule has 1 aromatic carbocycles. The molecular formula is C17H27BrN2. The minimum absolute atomic E-state index is 0.537. The number of nitrogens with one attached hydrogen (secondary N) is 1. The van der Waals surface area contributed by atoms with Gasteiger partial charge in [-0.05, 0) is 48.9 Å². The van der Waals surface area contributed by atoms with Crippen LogP contribution in [0, 0.1) is 5.41 Å². The molecule has 0 spiro atoms. The molecule has 112 valence electrons. The zero-order valence-corrected chi connectivity index (χ0v) is 14.6. The zero-order chi connectivity index (χ0) is 14.6. The van der Waals surface area contributed by atoms with Gasteiger partial charge in [-0.15, -0.1) is 0 Å². The number of rotatable bonds is 6. The lowest BCUT2D eigenvalue weighted by molar-refractivity contribution is 0.301. The van der Waals surface area contributed by atoms with Gasteiger partial charge >= 0.3 is 0 Å². The van der Waals surface area contributed by atoms with Gasteiger partial charge in [0, 0.05) is 29.8 Å². The summed E-state index contributed by atoms with van der Waals surface area (Å²) in [6.45, 7) is 11.2. The van der Waals surface area contributed by atoms with Crippen LogP contribution in [0.3, 0.4) is 0 Å². The van der Waals surface area contributed by atoms with Gasteiger partial charge in [0.25, 0.3) is 0 Å². The average Bonchev–Trinajstić information content (AvgIpc) is 2.91. The smallest absolute Gasteiger partial charge is 0.0377 e. The van der Waals surface area contributed by atoms with E-state index < -0.39 is 0 Å². The number of nitrogens with zero attached hydrogens (tertiary/aromatic N) is 1. The molecule has 1 fully saturated rings. The van der Waals surface area contributed by atoms with Crippen LogP contribution in [0.25, 0.3) is 0 Å². The molecule has 0 radical (unpaired) electrons. The molecule has 1 aromatic rings. The maximum absolute atomic E-state index is 3.72. The molecule has 1 aliphatic rings. The first-order valence-electron chi connectivity index (χ1n) is 7.88. The van der Waals surface area contributed by atoms with Crippen molar-refractivity contribution in [3.63, 3.8) is 0 Å². The van der Waals surface area contributed by atoms with Crippen molar-refractivity contribution in [1.29, 1.82) is 0 Å². The van der Waals surface area contributed by atoms with Crippen molar-refractivity contribution in [2.75, 3.05) is 24.5 Å². The van der Waals surface area contributed by atoms with Crippen LogP contribution < -0.4 is 10.2 Å². The molecule has 0 amide bonds. The van der Waals surface area contributed by atoms with Gasteiger partial charge < -0.3 is 10.2 Å². The highest BCUT2D eigenvalue weighted by Crippen LogP contribution is 2.39. The number of benzene rings is 1. The Kier molecular flexibility index (Phi) is 5.50. The molecule has 1 saturated heterocycles. The fourth-order valence-corrected chi connectivity index (χ4v) is 3.63. The Morgan fingerprint density at radius 3 is 2.55 bits per heavy atom. The van der Waals surface area contributed by atoms with E-state index in [4.69, 9.17) is 0 Å². The number of hydrogen-bond donors (Lipinski definition) is 1. The number of anilines is 1. The van der Waals surface area contributed by atoms with E-state index in [1.165, 1.54) is 48.1 Å². The van der Waals surface area contributed by atoms with Crippen LogP contribution >= 0.6 is 15.9 Å². The Labute approximate surface area is 132 Å². The van der Waals surface area contributed by atoms with Crippen LogP contribution in [0.1, 0.15) is 45.6 Å². The topological polar surface area (TPSA) is 15.3 Å². The van der Waals surface area contributed by atoms with Gasteiger partial charge in [-0.2, -0.15) is 0 Å². The first-order valence-corrected chi connectivity index (χ1v) is 8.67. The second-order valence-electron chi connectivity index (χ2n) is 5.93. The van der Waals surface area contributed by atoms with E-state index in [0.29, 0.717) is 5.41 Å². The summed E-state index contributed by atoms with van der Waals surface area (Å²) in [6.07, 6.45) is 3.91. The van der Waals surface area contributed by atoms with Crippen LogP contribution in [0.15, 0.2) is 22.7 Å². The third-order valence-corrected chi connectivity index (χ3v) is 5.64. The highest BCUT2D eigenvalue weighted by atomic mass is 79.9. The van der Waals surface area contributed by atoms with E-state index in [9.17, 15) is 0 Å². The van der Waals surface area contributed by atoms with Gasteiger partial charge in [0.2, 0.25) is 0 Å². The number of hydrogen-bond acceptors (Lipinski definition) is 2. The van der Waals surface area contributed by atoms with Gasteiger partial charge in [-0.1, -0.05) is 42.8 Å². The molecule has 1 heterocycles. The SMILES string of the molecule is CCNCc1ccc(N2CCC(CC)(CC)C2)cc1Br. The Hall–Kier alpha value is -0.540. The Bertz CT molecular complexity index is 441. The number of halogens is 1. The van der Waals surface area contributed by atoms with Crippen molar-refractivity contribution < 1.29 is 0 Å². The van der Waals surface area contributed by atoms with Crippen LogP contribution in [0.5, 0.6) is 0 Å². The molecule has 1 aliphatic heterocycles. The average molecular weight is 339 g/mol. The van der Waals surface area contributed by atoms with E-state index >= 15 is 0 Å². The highest BCUT2D eigenvalue weighted by molar-refractivity contribution is 9.10. The maximum Gasteiger partial charge on any atom is 0.0377 e. The van der Waals surface area contributed by atoms with Crippen LogP contribution in [0.2, 0.25) is 0 Å². The first-order chi connectivity index (χ1) is 9.64. The van der Waals surface area contributed by atoms with Gasteiger partial charge in [0.05, 0.1) is 0 Å². The largest absolute Gasteiger partial charge is 0.371 e. The third-order valence-electron chi connectivity index (χ3n) is 4.91. The summed E-state index contributed by atoms with van der Waals surface area (Å²) < 4.78 is 1.22. The van der Waals surface area contributed by atoms with E-state index in [2.05, 4.69) is 65.1 Å². The summed E-state index contributed by atoms with van der Waals surface area (Å²) in [6, 6.07) is 6.81. The highest BCUT2D eigenvalue weighted by Gasteiger charge is 2.34. The Balaban J connectivity index is 2.09. The van der Waals surface area contributed by atoms with Gasteiger partial charge in [-0.3, -0.25) is 0 Å². The molecule has 1 N–H and O–H groups in total. The maximum atomic E-state index is 3.72. The van der Waals surface area contributed by atoms with Crippen molar-refractivity contribution in [2.24, 2.45) is 5.41 Å². The van der Waals surface area contributed by atoms with E-state index in [-0.39, 0.29) is 0 Å². The minimum atomic E-state index is 0.537. The predicted octanol–water partition coefficient (Wildman–Crippen LogP) is 4.58. The monoisotopic (exact) mass is 338 g/mol. The van der Waals surface area contributed by atoms with E-state index in [1.807, 2.05) is 0 Å². The summed E-state index contributed by atoms with van der Waals surface area (Å²) in [5, 5.41) is 3.38. The Morgan fingerprint density at radius 1 is 1.25 bits per heavy atom. The molecule has 2 rings (SSSR count). The lowest BCUT2D eigenvalue weighted by Crippen LogP contribution is -2.26. The first kappa shape index (κ1) is 15.8. The minimum Gasteiger partial charge on any atom is -0.371 e. The normalized spacial score (nSPS) is 17.7. The molecule has 2 nitrogen and oxygen atoms in total. The van der Waals surface area contributed by atoms with Gasteiger partial charge in [-0.25, -0.2) is 0 Å². The molecule has 0 saturated carbocycles. The standard InChI is InChI=1S/C17H27BrN2/c1-4-17(5-2)9-10-20(13-17)15-8-7-14(12-19-6-3)16(18)11-15/h7-8,11,19H,4-6,9-10,12-13H2,1-3H3. The molecule has 0 aliphatic carbocycles. The summed E-state index contributed by atoms with van der Waals surface area (Å²) in [4.78, 5) is 2.55. The van der Waals surface area contributed by atoms with Gasteiger partial charge in [0.1, 0.15) is 0 Å². The van der Waals surface area contributed by atoms with E-state index in [0.717, 1.165) is 13.1 Å². The van der Waals surface area contributed by atoms with Crippen molar-refractivity contribution in [3.8, 4) is 0 Å². The lowest BCUT2D eigenvalue weighted by Gasteiger charge is -2.27. The molecule has 0 aromatic heterocycles. The summed E-state index contributed by atoms with van der Waals surface area (Å²) in [5.41, 5.74) is 3.24. The van der Waals surface area contributed by atoms with Crippen molar-refractivity contribution in [2.45, 2.75) is 46.6 Å². The van der Waals surface area contributed by atoms with Crippen molar-refractivity contribution in [1.82, 2.24) is 5.32 Å². The van der Waals surface area contributed by atoms with Crippen LogP contribution in [0.4, 0.5) is 5.69 Å². The molecular weight excluding hydrogens is 312 g/mol. The summed E-state index contributed by atoms with van der Waals surface area (Å²) >= 11 is 3.72. The molecule has 0 unspecified atom stereocenters. The fraction of sp³-hybridized carbons (Fsp3) is 0.647. The van der Waals surface area contributed by atoms with E-state index in [1.54, 1.807) is 0 Å². The van der Waals surface area contributed by atoms with Crippen molar-refractivity contribution in [3.05, 3.63) is 28.2 Å². The quantitative estimate of drug-likeness (QED) is 0.816. The van der Waals surface area contributed by atoms with Gasteiger partial charge in [0.15, 0.2) is 0 Å². The fourth-order valence-electron chi connectivity index (χ4n) is 3.12. The zero-order valence-electron chi connectivity index (χ0n) is 13.0. The third kappa shape index (κ3) is 3.37.